The number of guanidine groups is 1. The van der Waals surface area contributed by atoms with Crippen molar-refractivity contribution < 1.29 is 8.78 Å². The van der Waals surface area contributed by atoms with E-state index in [9.17, 15) is 8.78 Å². The third-order valence-corrected chi connectivity index (χ3v) is 4.88. The summed E-state index contributed by atoms with van der Waals surface area (Å²) in [6.45, 7) is 2.61. The molecule has 2 atom stereocenters. The number of aliphatic imine (C=N–C) groups is 1. The Balaban J connectivity index is 0.00000240. The fourth-order valence-electron chi connectivity index (χ4n) is 3.52. The highest BCUT2D eigenvalue weighted by molar-refractivity contribution is 5.85. The molecule has 0 saturated carbocycles. The maximum absolute atomic E-state index is 14.4. The number of hydrogen-bond donors (Lipinski definition) is 2. The summed E-state index contributed by atoms with van der Waals surface area (Å²) in [6.07, 6.45) is 0. The van der Waals surface area contributed by atoms with Gasteiger partial charge in [-0.2, -0.15) is 0 Å². The molecule has 2 N–H and O–H groups in total. The lowest BCUT2D eigenvalue weighted by molar-refractivity contribution is 0.501. The van der Waals surface area contributed by atoms with Crippen molar-refractivity contribution in [3.8, 4) is 0 Å². The SMILES string of the molecule is Cc1cccc(CNC2=N[C@@H](c3ccccc3F)[C@@H](c3ccccc3F)N2)c1.Cl. The topological polar surface area (TPSA) is 36.4 Å². The molecule has 3 aromatic carbocycles. The molecular weight excluding hydrogens is 392 g/mol. The van der Waals surface area contributed by atoms with Crippen molar-refractivity contribution in [3.05, 3.63) is 107 Å². The summed E-state index contributed by atoms with van der Waals surface area (Å²) in [7, 11) is 0. The van der Waals surface area contributed by atoms with Gasteiger partial charge >= 0.3 is 0 Å². The van der Waals surface area contributed by atoms with E-state index in [4.69, 9.17) is 0 Å². The van der Waals surface area contributed by atoms with Gasteiger partial charge in [0.05, 0.1) is 6.04 Å². The second kappa shape index (κ2) is 9.05. The quantitative estimate of drug-likeness (QED) is 0.614. The fourth-order valence-corrected chi connectivity index (χ4v) is 3.52. The fraction of sp³-hybridized carbons (Fsp3) is 0.174. The van der Waals surface area contributed by atoms with Gasteiger partial charge in [0.15, 0.2) is 5.96 Å². The zero-order chi connectivity index (χ0) is 19.5. The van der Waals surface area contributed by atoms with Gasteiger partial charge in [-0.3, -0.25) is 0 Å². The molecule has 29 heavy (non-hydrogen) atoms. The van der Waals surface area contributed by atoms with Gasteiger partial charge in [0.1, 0.15) is 17.7 Å². The molecule has 0 unspecified atom stereocenters. The second-order valence-electron chi connectivity index (χ2n) is 6.93. The number of nitrogens with zero attached hydrogens (tertiary/aromatic N) is 1. The van der Waals surface area contributed by atoms with E-state index < -0.39 is 12.1 Å². The van der Waals surface area contributed by atoms with Crippen LogP contribution < -0.4 is 10.6 Å². The summed E-state index contributed by atoms with van der Waals surface area (Å²) in [5.74, 6) is -0.154. The largest absolute Gasteiger partial charge is 0.352 e. The van der Waals surface area contributed by atoms with Gasteiger partial charge in [-0.25, -0.2) is 13.8 Å². The number of halogens is 3. The Morgan fingerprint density at radius 3 is 2.21 bits per heavy atom. The van der Waals surface area contributed by atoms with Gasteiger partial charge in [0, 0.05) is 17.7 Å². The van der Waals surface area contributed by atoms with Crippen molar-refractivity contribution in [1.29, 1.82) is 0 Å². The first-order chi connectivity index (χ1) is 13.6. The van der Waals surface area contributed by atoms with Gasteiger partial charge in [-0.1, -0.05) is 66.2 Å². The predicted molar refractivity (Wildman–Crippen MR) is 114 cm³/mol. The molecule has 0 radical (unpaired) electrons. The van der Waals surface area contributed by atoms with E-state index in [1.807, 2.05) is 25.1 Å². The molecule has 4 rings (SSSR count). The smallest absolute Gasteiger partial charge is 0.192 e. The van der Waals surface area contributed by atoms with Crippen LogP contribution in [0.2, 0.25) is 0 Å². The molecule has 1 aliphatic heterocycles. The summed E-state index contributed by atoms with van der Waals surface area (Å²) in [5.41, 5.74) is 3.19. The molecule has 3 aromatic rings. The van der Waals surface area contributed by atoms with Gasteiger partial charge in [-0.05, 0) is 24.6 Å². The average molecular weight is 414 g/mol. The van der Waals surface area contributed by atoms with E-state index in [0.29, 0.717) is 23.6 Å². The molecule has 0 bridgehead atoms. The lowest BCUT2D eigenvalue weighted by Crippen LogP contribution is -2.35. The minimum atomic E-state index is -0.557. The van der Waals surface area contributed by atoms with E-state index >= 15 is 0 Å². The monoisotopic (exact) mass is 413 g/mol. The number of hydrogen-bond acceptors (Lipinski definition) is 3. The van der Waals surface area contributed by atoms with Crippen molar-refractivity contribution in [3.63, 3.8) is 0 Å². The number of nitrogens with one attached hydrogen (secondary N) is 2. The van der Waals surface area contributed by atoms with E-state index in [-0.39, 0.29) is 24.0 Å². The molecule has 0 spiro atoms. The van der Waals surface area contributed by atoms with Gasteiger partial charge < -0.3 is 10.6 Å². The van der Waals surface area contributed by atoms with Crippen LogP contribution in [0.25, 0.3) is 0 Å². The lowest BCUT2D eigenvalue weighted by atomic mass is 9.94. The highest BCUT2D eigenvalue weighted by atomic mass is 35.5. The highest BCUT2D eigenvalue weighted by Crippen LogP contribution is 2.37. The minimum Gasteiger partial charge on any atom is -0.352 e. The Bertz CT molecular complexity index is 1020. The molecule has 0 amide bonds. The molecule has 0 aliphatic carbocycles. The predicted octanol–water partition coefficient (Wildman–Crippen LogP) is 5.23. The molecule has 0 aromatic heterocycles. The van der Waals surface area contributed by atoms with E-state index in [2.05, 4.69) is 21.7 Å². The Labute approximate surface area is 175 Å². The van der Waals surface area contributed by atoms with Crippen LogP contribution in [0, 0.1) is 18.6 Å². The van der Waals surface area contributed by atoms with Crippen LogP contribution in [0.15, 0.2) is 77.8 Å². The number of benzene rings is 3. The zero-order valence-electron chi connectivity index (χ0n) is 15.9. The maximum atomic E-state index is 14.4. The van der Waals surface area contributed by atoms with Gasteiger partial charge in [0.25, 0.3) is 0 Å². The van der Waals surface area contributed by atoms with Crippen LogP contribution in [0.5, 0.6) is 0 Å². The van der Waals surface area contributed by atoms with Crippen LogP contribution in [-0.4, -0.2) is 5.96 Å². The average Bonchev–Trinajstić information content (AvgIpc) is 3.11. The standard InChI is InChI=1S/C23H21F2N3.ClH/c1-15-7-6-8-16(13-15)14-26-23-27-21(17-9-2-4-11-19(17)24)22(28-23)18-10-3-5-12-20(18)25;/h2-13,21-22H,14H2,1H3,(H2,26,27,28);1H/t21-,22+;. The van der Waals surface area contributed by atoms with Gasteiger partial charge in [-0.15, -0.1) is 12.4 Å². The molecular formula is C23H22ClF2N3. The van der Waals surface area contributed by atoms with Crippen LogP contribution >= 0.6 is 12.4 Å². The Kier molecular flexibility index (Phi) is 6.49. The minimum absolute atomic E-state index is 0. The van der Waals surface area contributed by atoms with Crippen molar-refractivity contribution in [2.24, 2.45) is 4.99 Å². The molecule has 0 fully saturated rings. The first-order valence-corrected chi connectivity index (χ1v) is 9.24. The summed E-state index contributed by atoms with van der Waals surface area (Å²) in [4.78, 5) is 4.64. The van der Waals surface area contributed by atoms with Crippen molar-refractivity contribution in [2.45, 2.75) is 25.6 Å². The molecule has 1 aliphatic rings. The van der Waals surface area contributed by atoms with E-state index in [1.165, 1.54) is 17.7 Å². The normalized spacial score (nSPS) is 17.8. The number of rotatable bonds is 4. The van der Waals surface area contributed by atoms with Crippen LogP contribution in [0.4, 0.5) is 8.78 Å². The van der Waals surface area contributed by atoms with Gasteiger partial charge in [0.2, 0.25) is 0 Å². The zero-order valence-corrected chi connectivity index (χ0v) is 16.7. The second-order valence-corrected chi connectivity index (χ2v) is 6.93. The molecule has 0 saturated heterocycles. The first kappa shape index (κ1) is 20.8. The highest BCUT2D eigenvalue weighted by Gasteiger charge is 2.34. The Hall–Kier alpha value is -2.92. The molecule has 6 heteroatoms. The summed E-state index contributed by atoms with van der Waals surface area (Å²) >= 11 is 0. The maximum Gasteiger partial charge on any atom is 0.192 e. The molecule has 1 heterocycles. The van der Waals surface area contributed by atoms with Crippen molar-refractivity contribution >= 4 is 18.4 Å². The Morgan fingerprint density at radius 2 is 1.55 bits per heavy atom. The third-order valence-electron chi connectivity index (χ3n) is 4.88. The number of aryl methyl sites for hydroxylation is 1. The third kappa shape index (κ3) is 4.57. The van der Waals surface area contributed by atoms with Crippen LogP contribution in [0.3, 0.4) is 0 Å². The Morgan fingerprint density at radius 1 is 0.897 bits per heavy atom. The summed E-state index contributed by atoms with van der Waals surface area (Å²) < 4.78 is 28.9. The lowest BCUT2D eigenvalue weighted by Gasteiger charge is -2.20. The summed E-state index contributed by atoms with van der Waals surface area (Å²) in [6, 6.07) is 20.2. The van der Waals surface area contributed by atoms with E-state index in [0.717, 1.165) is 5.56 Å². The van der Waals surface area contributed by atoms with E-state index in [1.54, 1.807) is 36.4 Å². The molecule has 150 valence electrons. The van der Waals surface area contributed by atoms with Crippen LogP contribution in [0.1, 0.15) is 34.3 Å². The first-order valence-electron chi connectivity index (χ1n) is 9.24. The summed E-state index contributed by atoms with van der Waals surface area (Å²) in [5, 5.41) is 6.50. The molecule has 3 nitrogen and oxygen atoms in total. The van der Waals surface area contributed by atoms with Crippen molar-refractivity contribution in [2.75, 3.05) is 0 Å². The van der Waals surface area contributed by atoms with Crippen LogP contribution in [-0.2, 0) is 6.54 Å². The van der Waals surface area contributed by atoms with Crippen molar-refractivity contribution in [1.82, 2.24) is 10.6 Å².